The maximum atomic E-state index is 12.3. The van der Waals surface area contributed by atoms with Crippen molar-refractivity contribution in [1.29, 1.82) is 0 Å². The van der Waals surface area contributed by atoms with E-state index < -0.39 is 0 Å². The van der Waals surface area contributed by atoms with Crippen LogP contribution >= 0.6 is 11.8 Å². The molecule has 0 radical (unpaired) electrons. The molecule has 8 heteroatoms. The van der Waals surface area contributed by atoms with Gasteiger partial charge in [-0.3, -0.25) is 9.36 Å². The number of benzene rings is 2. The van der Waals surface area contributed by atoms with Crippen LogP contribution in [0.2, 0.25) is 0 Å². The lowest BCUT2D eigenvalue weighted by molar-refractivity contribution is -0.113. The second-order valence-electron chi connectivity index (χ2n) is 6.84. The molecule has 3 aromatic rings. The molecule has 0 bridgehead atoms. The number of rotatable bonds is 7. The van der Waals surface area contributed by atoms with Gasteiger partial charge in [0.15, 0.2) is 5.16 Å². The minimum atomic E-state index is -0.278. The maximum Gasteiger partial charge on any atom is 0.344 e. The number of hydrogen-bond donors (Lipinski definition) is 2. The van der Waals surface area contributed by atoms with Crippen LogP contribution in [0.5, 0.6) is 0 Å². The molecule has 1 aliphatic rings. The fourth-order valence-electron chi connectivity index (χ4n) is 3.27. The Balaban J connectivity index is 1.33. The third-order valence-electron chi connectivity index (χ3n) is 4.74. The van der Waals surface area contributed by atoms with E-state index in [0.717, 1.165) is 36.3 Å². The van der Waals surface area contributed by atoms with Crippen LogP contribution in [0.1, 0.15) is 12.8 Å². The van der Waals surface area contributed by atoms with Crippen molar-refractivity contribution in [2.24, 2.45) is 0 Å². The SMILES string of the molecule is O=C(CSc1n[nH]c(=O)n1C[C@H]1CCCO1)Nc1ccc(-c2ccccc2)cc1. The lowest BCUT2D eigenvalue weighted by atomic mass is 10.1. The Morgan fingerprint density at radius 2 is 1.93 bits per heavy atom. The molecule has 0 unspecified atom stereocenters. The highest BCUT2D eigenvalue weighted by Gasteiger charge is 2.20. The molecule has 2 aromatic carbocycles. The number of carbonyl (C=O) groups excluding carboxylic acids is 1. The number of amides is 1. The van der Waals surface area contributed by atoms with E-state index in [1.54, 1.807) is 4.57 Å². The number of thioether (sulfide) groups is 1. The summed E-state index contributed by atoms with van der Waals surface area (Å²) in [7, 11) is 0. The number of aromatic nitrogens is 3. The van der Waals surface area contributed by atoms with Crippen LogP contribution in [-0.2, 0) is 16.1 Å². The molecule has 0 spiro atoms. The number of hydrogen-bond acceptors (Lipinski definition) is 5. The highest BCUT2D eigenvalue weighted by atomic mass is 32.2. The second kappa shape index (κ2) is 9.11. The maximum absolute atomic E-state index is 12.3. The van der Waals surface area contributed by atoms with Gasteiger partial charge in [-0.1, -0.05) is 54.2 Å². The lowest BCUT2D eigenvalue weighted by Crippen LogP contribution is -2.25. The summed E-state index contributed by atoms with van der Waals surface area (Å²) in [6.07, 6.45) is 1.97. The van der Waals surface area contributed by atoms with Crippen LogP contribution in [0.4, 0.5) is 5.69 Å². The zero-order chi connectivity index (χ0) is 20.1. The van der Waals surface area contributed by atoms with Crippen molar-refractivity contribution < 1.29 is 9.53 Å². The molecule has 0 aliphatic carbocycles. The average molecular weight is 410 g/mol. The summed E-state index contributed by atoms with van der Waals surface area (Å²) < 4.78 is 7.14. The molecule has 4 rings (SSSR count). The highest BCUT2D eigenvalue weighted by Crippen LogP contribution is 2.22. The van der Waals surface area contributed by atoms with E-state index in [1.165, 1.54) is 11.8 Å². The molecule has 2 heterocycles. The first-order chi connectivity index (χ1) is 14.2. The Bertz CT molecular complexity index is 1010. The van der Waals surface area contributed by atoms with Gasteiger partial charge < -0.3 is 10.1 Å². The summed E-state index contributed by atoms with van der Waals surface area (Å²) in [5, 5.41) is 9.87. The predicted octanol–water partition coefficient (Wildman–Crippen LogP) is 3.15. The number of nitrogens with zero attached hydrogens (tertiary/aromatic N) is 2. The molecule has 1 aromatic heterocycles. The summed E-state index contributed by atoms with van der Waals surface area (Å²) in [6.45, 7) is 1.19. The summed E-state index contributed by atoms with van der Waals surface area (Å²) in [6, 6.07) is 17.8. The second-order valence-corrected chi connectivity index (χ2v) is 7.78. The van der Waals surface area contributed by atoms with E-state index in [-0.39, 0.29) is 23.5 Å². The molecule has 1 atom stereocenters. The minimum Gasteiger partial charge on any atom is -0.376 e. The molecule has 1 saturated heterocycles. The normalized spacial score (nSPS) is 16.1. The Morgan fingerprint density at radius 3 is 2.66 bits per heavy atom. The van der Waals surface area contributed by atoms with Crippen molar-refractivity contribution in [1.82, 2.24) is 14.8 Å². The third-order valence-corrected chi connectivity index (χ3v) is 5.72. The van der Waals surface area contributed by atoms with Gasteiger partial charge in [0, 0.05) is 12.3 Å². The van der Waals surface area contributed by atoms with E-state index in [2.05, 4.69) is 15.5 Å². The predicted molar refractivity (Wildman–Crippen MR) is 113 cm³/mol. The first kappa shape index (κ1) is 19.5. The number of carbonyl (C=O) groups is 1. The van der Waals surface area contributed by atoms with Gasteiger partial charge >= 0.3 is 5.69 Å². The first-order valence-corrected chi connectivity index (χ1v) is 10.5. The van der Waals surface area contributed by atoms with Gasteiger partial charge in [0.1, 0.15) is 0 Å². The molecular formula is C21H22N4O3S. The number of ether oxygens (including phenoxy) is 1. The molecule has 1 aliphatic heterocycles. The number of anilines is 1. The quantitative estimate of drug-likeness (QED) is 0.584. The molecular weight excluding hydrogens is 388 g/mol. The molecule has 7 nitrogen and oxygen atoms in total. The topological polar surface area (TPSA) is 89.0 Å². The minimum absolute atomic E-state index is 0.0293. The van der Waals surface area contributed by atoms with Gasteiger partial charge in [-0.15, -0.1) is 5.10 Å². The molecule has 150 valence electrons. The van der Waals surface area contributed by atoms with E-state index in [1.807, 2.05) is 54.6 Å². The van der Waals surface area contributed by atoms with E-state index in [9.17, 15) is 9.59 Å². The molecule has 29 heavy (non-hydrogen) atoms. The summed E-state index contributed by atoms with van der Waals surface area (Å²) in [4.78, 5) is 24.3. The number of H-pyrrole nitrogens is 1. The standard InChI is InChI=1S/C21H22N4O3S/c26-19(22-17-10-8-16(9-11-17)15-5-2-1-3-6-15)14-29-21-24-23-20(27)25(21)13-18-7-4-12-28-18/h1-3,5-6,8-11,18H,4,7,12-14H2,(H,22,26)(H,23,27)/t18-/m1/s1. The molecule has 1 fully saturated rings. The van der Waals surface area contributed by atoms with Crippen LogP contribution in [0.3, 0.4) is 0 Å². The van der Waals surface area contributed by atoms with E-state index in [4.69, 9.17) is 4.74 Å². The summed E-state index contributed by atoms with van der Waals surface area (Å²) in [5.74, 6) is 0.0116. The van der Waals surface area contributed by atoms with Gasteiger partial charge in [0.25, 0.3) is 0 Å². The third kappa shape index (κ3) is 4.96. The van der Waals surface area contributed by atoms with Crippen LogP contribution in [0.15, 0.2) is 64.5 Å². The summed E-state index contributed by atoms with van der Waals surface area (Å²) >= 11 is 1.23. The van der Waals surface area contributed by atoms with Crippen LogP contribution in [0.25, 0.3) is 11.1 Å². The van der Waals surface area contributed by atoms with Crippen molar-refractivity contribution in [2.45, 2.75) is 30.6 Å². The van der Waals surface area contributed by atoms with Crippen LogP contribution in [-0.4, -0.2) is 39.1 Å². The number of aromatic amines is 1. The van der Waals surface area contributed by atoms with Crippen molar-refractivity contribution in [3.05, 3.63) is 65.1 Å². The fourth-order valence-corrected chi connectivity index (χ4v) is 4.03. The molecule has 1 amide bonds. The smallest absolute Gasteiger partial charge is 0.344 e. The Labute approximate surface area is 172 Å². The van der Waals surface area contributed by atoms with E-state index >= 15 is 0 Å². The summed E-state index contributed by atoms with van der Waals surface area (Å²) in [5.41, 5.74) is 2.67. The first-order valence-electron chi connectivity index (χ1n) is 9.54. The van der Waals surface area contributed by atoms with Crippen molar-refractivity contribution >= 4 is 23.4 Å². The molecule has 0 saturated carbocycles. The van der Waals surface area contributed by atoms with Crippen molar-refractivity contribution in [3.63, 3.8) is 0 Å². The highest BCUT2D eigenvalue weighted by molar-refractivity contribution is 7.99. The Hall–Kier alpha value is -2.84. The van der Waals surface area contributed by atoms with Gasteiger partial charge in [-0.25, -0.2) is 9.89 Å². The lowest BCUT2D eigenvalue weighted by Gasteiger charge is -2.11. The molecule has 2 N–H and O–H groups in total. The van der Waals surface area contributed by atoms with Crippen molar-refractivity contribution in [3.8, 4) is 11.1 Å². The van der Waals surface area contributed by atoms with Gasteiger partial charge in [-0.2, -0.15) is 0 Å². The fraction of sp³-hybridized carbons (Fsp3) is 0.286. The Morgan fingerprint density at radius 1 is 1.17 bits per heavy atom. The zero-order valence-corrected chi connectivity index (χ0v) is 16.7. The van der Waals surface area contributed by atoms with Gasteiger partial charge in [-0.05, 0) is 36.1 Å². The Kier molecular flexibility index (Phi) is 6.12. The zero-order valence-electron chi connectivity index (χ0n) is 15.8. The number of nitrogens with one attached hydrogen (secondary N) is 2. The average Bonchev–Trinajstić information content (AvgIpc) is 3.39. The monoisotopic (exact) mass is 410 g/mol. The van der Waals surface area contributed by atoms with Crippen LogP contribution in [0, 0.1) is 0 Å². The van der Waals surface area contributed by atoms with Gasteiger partial charge in [0.05, 0.1) is 18.4 Å². The van der Waals surface area contributed by atoms with E-state index in [0.29, 0.717) is 11.7 Å². The van der Waals surface area contributed by atoms with Crippen molar-refractivity contribution in [2.75, 3.05) is 17.7 Å². The largest absolute Gasteiger partial charge is 0.376 e. The van der Waals surface area contributed by atoms with Crippen LogP contribution < -0.4 is 11.0 Å². The van der Waals surface area contributed by atoms with Gasteiger partial charge in [0.2, 0.25) is 5.91 Å².